The smallest absolute Gasteiger partial charge is 0.344 e. The molecule has 3 heterocycles. The molecule has 2 aromatic carbocycles. The van der Waals surface area contributed by atoms with Crippen LogP contribution < -0.4 is 9.64 Å². The van der Waals surface area contributed by atoms with E-state index in [1.165, 1.54) is 0 Å². The van der Waals surface area contributed by atoms with E-state index in [4.69, 9.17) is 25.6 Å². The Morgan fingerprint density at radius 3 is 2.81 bits per heavy atom. The number of nitrogens with zero attached hydrogens (tertiary/aromatic N) is 3. The van der Waals surface area contributed by atoms with E-state index >= 15 is 0 Å². The summed E-state index contributed by atoms with van der Waals surface area (Å²) in [5.74, 6) is 0.678. The number of thiazole rings is 1. The molecular formula is C22H18ClN3O4S. The number of hydrogen-bond donors (Lipinski definition) is 0. The largest absolute Gasteiger partial charge is 0.494 e. The van der Waals surface area contributed by atoms with E-state index < -0.39 is 5.97 Å². The highest BCUT2D eigenvalue weighted by atomic mass is 35.5. The van der Waals surface area contributed by atoms with Crippen LogP contribution >= 0.6 is 22.9 Å². The number of rotatable bonds is 5. The minimum Gasteiger partial charge on any atom is -0.494 e. The van der Waals surface area contributed by atoms with Gasteiger partial charge in [0.1, 0.15) is 34.4 Å². The Kier molecular flexibility index (Phi) is 5.03. The molecule has 0 bridgehead atoms. The fourth-order valence-electron chi connectivity index (χ4n) is 3.54. The van der Waals surface area contributed by atoms with Crippen molar-refractivity contribution in [3.8, 4) is 17.0 Å². The lowest BCUT2D eigenvalue weighted by Gasteiger charge is -2.38. The summed E-state index contributed by atoms with van der Waals surface area (Å²) in [4.78, 5) is 19.7. The van der Waals surface area contributed by atoms with Crippen LogP contribution in [0.1, 0.15) is 16.1 Å². The van der Waals surface area contributed by atoms with E-state index in [0.29, 0.717) is 40.7 Å². The van der Waals surface area contributed by atoms with E-state index in [1.807, 2.05) is 30.3 Å². The number of fused-ring (bicyclic) bond motifs is 1. The average molecular weight is 456 g/mol. The maximum absolute atomic E-state index is 12.9. The summed E-state index contributed by atoms with van der Waals surface area (Å²) in [6.07, 6.45) is -0.241. The van der Waals surface area contributed by atoms with Gasteiger partial charge in [-0.15, -0.1) is 0 Å². The quantitative estimate of drug-likeness (QED) is 0.393. The lowest BCUT2D eigenvalue weighted by molar-refractivity contribution is 0.0233. The zero-order valence-corrected chi connectivity index (χ0v) is 18.4. The molecule has 2 aromatic heterocycles. The lowest BCUT2D eigenvalue weighted by Crippen LogP contribution is -2.53. The Hall–Kier alpha value is -3.10. The van der Waals surface area contributed by atoms with Gasteiger partial charge in [0, 0.05) is 5.56 Å². The summed E-state index contributed by atoms with van der Waals surface area (Å²) in [6.45, 7) is 2.82. The second-order valence-electron chi connectivity index (χ2n) is 7.18. The van der Waals surface area contributed by atoms with Crippen LogP contribution in [0.25, 0.3) is 21.5 Å². The summed E-state index contributed by atoms with van der Waals surface area (Å²) >= 11 is 7.86. The number of anilines is 1. The molecule has 0 radical (unpaired) electrons. The van der Waals surface area contributed by atoms with E-state index in [-0.39, 0.29) is 6.10 Å². The van der Waals surface area contributed by atoms with Gasteiger partial charge in [0.2, 0.25) is 0 Å². The van der Waals surface area contributed by atoms with Crippen LogP contribution in [-0.4, -0.2) is 42.4 Å². The van der Waals surface area contributed by atoms with Crippen LogP contribution in [0.2, 0.25) is 5.02 Å². The van der Waals surface area contributed by atoms with Crippen LogP contribution in [0.15, 0.2) is 47.0 Å². The van der Waals surface area contributed by atoms with Crippen molar-refractivity contribution >= 4 is 44.3 Å². The number of aryl methyl sites for hydroxylation is 1. The van der Waals surface area contributed by atoms with E-state index in [2.05, 4.69) is 15.0 Å². The first-order valence-corrected chi connectivity index (χ1v) is 10.8. The Morgan fingerprint density at radius 1 is 1.23 bits per heavy atom. The molecule has 7 nitrogen and oxygen atoms in total. The molecule has 158 valence electrons. The number of halogens is 1. The molecule has 5 rings (SSSR count). The van der Waals surface area contributed by atoms with Crippen molar-refractivity contribution in [2.45, 2.75) is 13.0 Å². The number of aromatic nitrogens is 2. The third kappa shape index (κ3) is 3.51. The van der Waals surface area contributed by atoms with Crippen LogP contribution in [0, 0.1) is 6.92 Å². The number of methoxy groups -OCH3 is 1. The first kappa shape index (κ1) is 19.8. The van der Waals surface area contributed by atoms with Crippen LogP contribution in [0.3, 0.4) is 0 Å². The molecule has 0 unspecified atom stereocenters. The van der Waals surface area contributed by atoms with Gasteiger partial charge in [-0.05, 0) is 25.1 Å². The summed E-state index contributed by atoms with van der Waals surface area (Å²) in [6, 6.07) is 13.0. The molecule has 0 spiro atoms. The van der Waals surface area contributed by atoms with E-state index in [0.717, 1.165) is 21.1 Å². The minimum absolute atomic E-state index is 0.241. The topological polar surface area (TPSA) is 77.7 Å². The Morgan fingerprint density at radius 2 is 2.03 bits per heavy atom. The number of carbonyl (C=O) groups is 1. The monoisotopic (exact) mass is 455 g/mol. The molecule has 4 aromatic rings. The normalized spacial score (nSPS) is 14.0. The summed E-state index contributed by atoms with van der Waals surface area (Å²) in [5.41, 5.74) is 2.17. The number of benzene rings is 2. The van der Waals surface area contributed by atoms with Gasteiger partial charge < -0.3 is 18.9 Å². The molecule has 0 saturated carbocycles. The number of esters is 1. The third-order valence-electron chi connectivity index (χ3n) is 5.18. The van der Waals surface area contributed by atoms with Gasteiger partial charge >= 0.3 is 5.97 Å². The Balaban J connectivity index is 1.30. The van der Waals surface area contributed by atoms with Crippen molar-refractivity contribution in [2.24, 2.45) is 0 Å². The molecule has 1 aliphatic heterocycles. The first-order chi connectivity index (χ1) is 15.0. The fourth-order valence-corrected chi connectivity index (χ4v) is 4.77. The standard InChI is InChI=1S/C22H18ClN3O4S/c1-12-18(19(25-30-12)14-6-3-4-7-15(14)23)21(27)29-13-10-26(11-13)22-24-20-16(28-2)8-5-9-17(20)31-22/h3-9,13H,10-11H2,1-2H3. The Bertz CT molecular complexity index is 1280. The van der Waals surface area contributed by atoms with E-state index in [1.54, 1.807) is 37.5 Å². The second kappa shape index (κ2) is 7.86. The molecule has 9 heteroatoms. The van der Waals surface area contributed by atoms with Crippen molar-refractivity contribution in [3.05, 3.63) is 58.8 Å². The van der Waals surface area contributed by atoms with E-state index in [9.17, 15) is 4.79 Å². The summed E-state index contributed by atoms with van der Waals surface area (Å²) in [7, 11) is 1.64. The summed E-state index contributed by atoms with van der Waals surface area (Å²) < 4.78 is 17.4. The second-order valence-corrected chi connectivity index (χ2v) is 8.59. The minimum atomic E-state index is -0.468. The van der Waals surface area contributed by atoms with Crippen LogP contribution in [0.5, 0.6) is 5.75 Å². The van der Waals surface area contributed by atoms with Crippen molar-refractivity contribution in [2.75, 3.05) is 25.1 Å². The average Bonchev–Trinajstić information content (AvgIpc) is 3.33. The molecular weight excluding hydrogens is 438 g/mol. The van der Waals surface area contributed by atoms with Crippen LogP contribution in [0.4, 0.5) is 5.13 Å². The zero-order valence-electron chi connectivity index (χ0n) is 16.8. The first-order valence-electron chi connectivity index (χ1n) is 9.65. The van der Waals surface area contributed by atoms with Gasteiger partial charge in [-0.3, -0.25) is 0 Å². The predicted octanol–water partition coefficient (Wildman–Crippen LogP) is 4.97. The maximum Gasteiger partial charge on any atom is 0.344 e. The highest BCUT2D eigenvalue weighted by molar-refractivity contribution is 7.22. The van der Waals surface area contributed by atoms with Gasteiger partial charge in [-0.1, -0.05) is 52.4 Å². The van der Waals surface area contributed by atoms with Crippen molar-refractivity contribution < 1.29 is 18.8 Å². The molecule has 1 fully saturated rings. The number of carbonyl (C=O) groups excluding carboxylic acids is 1. The van der Waals surface area contributed by atoms with Gasteiger partial charge in [0.25, 0.3) is 0 Å². The van der Waals surface area contributed by atoms with Crippen molar-refractivity contribution in [1.82, 2.24) is 10.1 Å². The van der Waals surface area contributed by atoms with Gasteiger partial charge in [0.15, 0.2) is 5.13 Å². The van der Waals surface area contributed by atoms with Crippen molar-refractivity contribution in [1.29, 1.82) is 0 Å². The van der Waals surface area contributed by atoms with Gasteiger partial charge in [-0.2, -0.15) is 0 Å². The lowest BCUT2D eigenvalue weighted by atomic mass is 10.1. The number of para-hydroxylation sites is 1. The van der Waals surface area contributed by atoms with Gasteiger partial charge in [0.05, 0.1) is 29.9 Å². The molecule has 0 atom stereocenters. The highest BCUT2D eigenvalue weighted by Crippen LogP contribution is 2.36. The Labute approximate surface area is 187 Å². The predicted molar refractivity (Wildman–Crippen MR) is 119 cm³/mol. The molecule has 1 aliphatic rings. The zero-order chi connectivity index (χ0) is 21.5. The molecule has 0 N–H and O–H groups in total. The number of hydrogen-bond acceptors (Lipinski definition) is 8. The molecule has 31 heavy (non-hydrogen) atoms. The van der Waals surface area contributed by atoms with Crippen LogP contribution in [-0.2, 0) is 4.74 Å². The molecule has 0 aliphatic carbocycles. The highest BCUT2D eigenvalue weighted by Gasteiger charge is 2.34. The third-order valence-corrected chi connectivity index (χ3v) is 6.59. The SMILES string of the molecule is COc1cccc2sc(N3CC(OC(=O)c4c(-c5ccccc5Cl)noc4C)C3)nc12. The fraction of sp³-hybridized carbons (Fsp3) is 0.227. The number of ether oxygens (including phenoxy) is 2. The van der Waals surface area contributed by atoms with Gasteiger partial charge in [-0.25, -0.2) is 9.78 Å². The summed E-state index contributed by atoms with van der Waals surface area (Å²) in [5, 5.41) is 5.40. The molecule has 1 saturated heterocycles. The molecule has 0 amide bonds. The van der Waals surface area contributed by atoms with Crippen molar-refractivity contribution in [3.63, 3.8) is 0 Å². The maximum atomic E-state index is 12.9.